The minimum atomic E-state index is -4.62. The molecule has 0 fully saturated rings. The number of fused-ring (bicyclic) bond motifs is 1. The molecule has 10 heteroatoms. The van der Waals surface area contributed by atoms with Gasteiger partial charge in [-0.25, -0.2) is 0 Å². The summed E-state index contributed by atoms with van der Waals surface area (Å²) in [5.74, 6) is -1.29. The van der Waals surface area contributed by atoms with Crippen molar-refractivity contribution < 1.29 is 27.8 Å². The Labute approximate surface area is 159 Å². The number of benzene rings is 3. The lowest BCUT2D eigenvalue weighted by atomic mass is 10.1. The molecule has 0 saturated carbocycles. The van der Waals surface area contributed by atoms with Crippen LogP contribution in [0.15, 0.2) is 53.4 Å². The molecule has 0 atom stereocenters. The highest BCUT2D eigenvalue weighted by molar-refractivity contribution is 7.86. The van der Waals surface area contributed by atoms with E-state index in [0.717, 1.165) is 12.1 Å². The third-order valence-electron chi connectivity index (χ3n) is 4.17. The van der Waals surface area contributed by atoms with E-state index in [0.29, 0.717) is 10.9 Å². The molecule has 3 aromatic rings. The topological polar surface area (TPSA) is 147 Å². The number of phenolic OH excluding ortho intramolecular Hbond substituents is 1. The third kappa shape index (κ3) is 3.50. The van der Waals surface area contributed by atoms with Crippen molar-refractivity contribution in [2.45, 2.75) is 11.8 Å². The summed E-state index contributed by atoms with van der Waals surface area (Å²) >= 11 is 0. The largest absolute Gasteiger partial charge is 0.505 e. The quantitative estimate of drug-likeness (QED) is 0.263. The second-order valence-electron chi connectivity index (χ2n) is 6.00. The summed E-state index contributed by atoms with van der Waals surface area (Å²) in [6.45, 7) is 1.53. The smallest absolute Gasteiger partial charge is 0.295 e. The summed E-state index contributed by atoms with van der Waals surface area (Å²) in [6.07, 6.45) is 0. The highest BCUT2D eigenvalue weighted by Gasteiger charge is 2.20. The molecule has 3 aromatic carbocycles. The zero-order valence-corrected chi connectivity index (χ0v) is 15.2. The summed E-state index contributed by atoms with van der Waals surface area (Å²) in [6, 6.07) is 10.8. The molecule has 0 spiro atoms. The maximum absolute atomic E-state index is 12.5. The number of nitro groups is 1. The number of hydrogen-bond donors (Lipinski definition) is 3. The molecule has 0 radical (unpaired) electrons. The van der Waals surface area contributed by atoms with Crippen LogP contribution >= 0.6 is 0 Å². The van der Waals surface area contributed by atoms with Gasteiger partial charge in [0.15, 0.2) is 0 Å². The molecule has 28 heavy (non-hydrogen) atoms. The van der Waals surface area contributed by atoms with Gasteiger partial charge >= 0.3 is 0 Å². The zero-order chi connectivity index (χ0) is 20.6. The van der Waals surface area contributed by atoms with Crippen molar-refractivity contribution in [3.8, 4) is 5.75 Å². The van der Waals surface area contributed by atoms with Crippen molar-refractivity contribution in [2.75, 3.05) is 5.32 Å². The molecule has 0 bridgehead atoms. The maximum Gasteiger partial charge on any atom is 0.295 e. The number of phenols is 1. The van der Waals surface area contributed by atoms with E-state index in [-0.39, 0.29) is 22.3 Å². The number of nitro benzene ring substituents is 1. The maximum atomic E-state index is 12.5. The Morgan fingerprint density at radius 1 is 1.14 bits per heavy atom. The molecule has 0 aliphatic heterocycles. The van der Waals surface area contributed by atoms with Crippen LogP contribution in [0.2, 0.25) is 0 Å². The highest BCUT2D eigenvalue weighted by Crippen LogP contribution is 2.37. The average Bonchev–Trinajstić information content (AvgIpc) is 2.63. The Hall–Kier alpha value is -3.50. The summed E-state index contributed by atoms with van der Waals surface area (Å²) in [5.41, 5.74) is 0.0219. The van der Waals surface area contributed by atoms with Crippen molar-refractivity contribution in [1.29, 1.82) is 0 Å². The van der Waals surface area contributed by atoms with Crippen molar-refractivity contribution in [3.05, 3.63) is 69.8 Å². The number of amides is 1. The summed E-state index contributed by atoms with van der Waals surface area (Å²) in [7, 11) is -4.62. The van der Waals surface area contributed by atoms with Crippen LogP contribution in [0.4, 0.5) is 11.4 Å². The Morgan fingerprint density at radius 3 is 2.50 bits per heavy atom. The predicted octanol–water partition coefficient (Wildman–Crippen LogP) is 3.26. The van der Waals surface area contributed by atoms with Crippen molar-refractivity contribution in [2.24, 2.45) is 0 Å². The van der Waals surface area contributed by atoms with E-state index in [9.17, 15) is 33.0 Å². The first-order valence-corrected chi connectivity index (χ1v) is 9.32. The molecule has 0 heterocycles. The van der Waals surface area contributed by atoms with Gasteiger partial charge in [0, 0.05) is 22.6 Å². The van der Waals surface area contributed by atoms with Crippen molar-refractivity contribution >= 4 is 38.2 Å². The first-order valence-electron chi connectivity index (χ1n) is 7.88. The number of rotatable bonds is 4. The van der Waals surface area contributed by atoms with Gasteiger partial charge in [-0.2, -0.15) is 8.42 Å². The lowest BCUT2D eigenvalue weighted by Gasteiger charge is -2.12. The number of nitrogens with one attached hydrogen (secondary N) is 1. The fraction of sp³-hybridized carbons (Fsp3) is 0.0556. The lowest BCUT2D eigenvalue weighted by molar-refractivity contribution is -0.385. The van der Waals surface area contributed by atoms with Crippen LogP contribution in [-0.2, 0) is 10.1 Å². The standard InChI is InChI=1S/C18H14N2O7S/c1-10-5-6-12(9-14(10)20(23)24)18(22)19-13-8-7-11-3-2-4-15(28(25,26)27)16(11)17(13)21/h2-9,21H,1H3,(H,19,22)(H,25,26,27). The summed E-state index contributed by atoms with van der Waals surface area (Å²) in [4.78, 5) is 22.4. The molecule has 0 saturated heterocycles. The van der Waals surface area contributed by atoms with Crippen LogP contribution in [-0.4, -0.2) is 28.9 Å². The summed E-state index contributed by atoms with van der Waals surface area (Å²) in [5, 5.41) is 24.1. The van der Waals surface area contributed by atoms with Gasteiger partial charge in [0.25, 0.3) is 21.7 Å². The van der Waals surface area contributed by atoms with Crippen LogP contribution in [0.5, 0.6) is 5.75 Å². The van der Waals surface area contributed by atoms with Gasteiger partial charge in [-0.15, -0.1) is 0 Å². The molecule has 0 unspecified atom stereocenters. The summed E-state index contributed by atoms with van der Waals surface area (Å²) < 4.78 is 32.5. The van der Waals surface area contributed by atoms with Crippen molar-refractivity contribution in [3.63, 3.8) is 0 Å². The number of carbonyl (C=O) groups excluding carboxylic acids is 1. The molecule has 144 valence electrons. The van der Waals surface area contributed by atoms with Gasteiger partial charge in [0.1, 0.15) is 10.6 Å². The normalized spacial score (nSPS) is 11.4. The number of aryl methyl sites for hydroxylation is 1. The number of anilines is 1. The van der Waals surface area contributed by atoms with Crippen LogP contribution in [0.25, 0.3) is 10.8 Å². The lowest BCUT2D eigenvalue weighted by Crippen LogP contribution is -2.12. The second-order valence-corrected chi connectivity index (χ2v) is 7.39. The van der Waals surface area contributed by atoms with E-state index in [1.54, 1.807) is 0 Å². The first kappa shape index (κ1) is 19.3. The molecule has 0 aliphatic carbocycles. The second kappa shape index (κ2) is 6.91. The van der Waals surface area contributed by atoms with Crippen LogP contribution in [0, 0.1) is 17.0 Å². The molecular weight excluding hydrogens is 388 g/mol. The first-order chi connectivity index (χ1) is 13.1. The fourth-order valence-corrected chi connectivity index (χ4v) is 3.51. The van der Waals surface area contributed by atoms with Gasteiger partial charge in [-0.05, 0) is 30.5 Å². The monoisotopic (exact) mass is 402 g/mol. The molecule has 3 rings (SSSR count). The minimum absolute atomic E-state index is 0.0140. The Kier molecular flexibility index (Phi) is 4.75. The van der Waals surface area contributed by atoms with Crippen LogP contribution in [0.3, 0.4) is 0 Å². The number of carbonyl (C=O) groups is 1. The fourth-order valence-electron chi connectivity index (χ4n) is 2.78. The molecule has 9 nitrogen and oxygen atoms in total. The molecule has 3 N–H and O–H groups in total. The molecular formula is C18H14N2O7S. The average molecular weight is 402 g/mol. The van der Waals surface area contributed by atoms with Gasteiger partial charge in [0.2, 0.25) is 0 Å². The van der Waals surface area contributed by atoms with E-state index < -0.39 is 31.6 Å². The van der Waals surface area contributed by atoms with E-state index in [1.165, 1.54) is 43.3 Å². The molecule has 0 aromatic heterocycles. The third-order valence-corrected chi connectivity index (χ3v) is 5.07. The zero-order valence-electron chi connectivity index (χ0n) is 14.4. The van der Waals surface area contributed by atoms with Crippen LogP contribution in [0.1, 0.15) is 15.9 Å². The van der Waals surface area contributed by atoms with Gasteiger partial charge < -0.3 is 10.4 Å². The Balaban J connectivity index is 2.06. The van der Waals surface area contributed by atoms with Gasteiger partial charge in [-0.3, -0.25) is 19.5 Å². The number of aromatic hydroxyl groups is 1. The molecule has 0 aliphatic rings. The Bertz CT molecular complexity index is 1240. The number of hydrogen-bond acceptors (Lipinski definition) is 6. The van der Waals surface area contributed by atoms with E-state index in [2.05, 4.69) is 5.32 Å². The predicted molar refractivity (Wildman–Crippen MR) is 101 cm³/mol. The van der Waals surface area contributed by atoms with Gasteiger partial charge in [-0.1, -0.05) is 24.3 Å². The molecule has 1 amide bonds. The highest BCUT2D eigenvalue weighted by atomic mass is 32.2. The Morgan fingerprint density at radius 2 is 1.86 bits per heavy atom. The van der Waals surface area contributed by atoms with E-state index >= 15 is 0 Å². The van der Waals surface area contributed by atoms with E-state index in [4.69, 9.17) is 0 Å². The SMILES string of the molecule is Cc1ccc(C(=O)Nc2ccc3cccc(S(=O)(=O)O)c3c2O)cc1[N+](=O)[O-]. The van der Waals surface area contributed by atoms with E-state index in [1.807, 2.05) is 0 Å². The van der Waals surface area contributed by atoms with Crippen molar-refractivity contribution in [1.82, 2.24) is 0 Å². The van der Waals surface area contributed by atoms with Crippen LogP contribution < -0.4 is 5.32 Å². The number of nitrogens with zero attached hydrogens (tertiary/aromatic N) is 1. The minimum Gasteiger partial charge on any atom is -0.505 e. The van der Waals surface area contributed by atoms with Gasteiger partial charge in [0.05, 0.1) is 10.6 Å².